The molecule has 0 radical (unpaired) electrons. The van der Waals surface area contributed by atoms with Gasteiger partial charge in [-0.1, -0.05) is 43.0 Å². The third kappa shape index (κ3) is 7.02. The van der Waals surface area contributed by atoms with Crippen LogP contribution >= 0.6 is 23.2 Å². The van der Waals surface area contributed by atoms with E-state index in [2.05, 4.69) is 6.92 Å². The molecule has 19 heavy (non-hydrogen) atoms. The van der Waals surface area contributed by atoms with Gasteiger partial charge in [-0.05, 0) is 24.6 Å². The van der Waals surface area contributed by atoms with Crippen LogP contribution in [0.3, 0.4) is 0 Å². The fourth-order valence-electron chi connectivity index (χ4n) is 1.50. The van der Waals surface area contributed by atoms with Gasteiger partial charge in [-0.25, -0.2) is 0 Å². The van der Waals surface area contributed by atoms with Crippen molar-refractivity contribution >= 4 is 23.2 Å². The Labute approximate surface area is 124 Å². The van der Waals surface area contributed by atoms with Crippen molar-refractivity contribution in [1.29, 1.82) is 0 Å². The van der Waals surface area contributed by atoms with Crippen LogP contribution in [0.2, 0.25) is 10.0 Å². The second-order valence-electron chi connectivity index (χ2n) is 4.32. The number of aliphatic hydroxyl groups is 1. The van der Waals surface area contributed by atoms with Crippen molar-refractivity contribution in [3.63, 3.8) is 0 Å². The largest absolute Gasteiger partial charge is 0.489 e. The third-order valence-corrected chi connectivity index (χ3v) is 3.06. The van der Waals surface area contributed by atoms with Gasteiger partial charge in [0, 0.05) is 11.6 Å². The first-order chi connectivity index (χ1) is 9.13. The van der Waals surface area contributed by atoms with E-state index < -0.39 is 6.10 Å². The predicted octanol–water partition coefficient (Wildman–Crippen LogP) is 3.94. The Kier molecular flexibility index (Phi) is 8.22. The summed E-state index contributed by atoms with van der Waals surface area (Å²) in [5, 5.41) is 10.7. The summed E-state index contributed by atoms with van der Waals surface area (Å²) in [5.41, 5.74) is 0. The van der Waals surface area contributed by atoms with Gasteiger partial charge in [-0.2, -0.15) is 0 Å². The predicted molar refractivity (Wildman–Crippen MR) is 78.3 cm³/mol. The lowest BCUT2D eigenvalue weighted by molar-refractivity contribution is 0.0111. The van der Waals surface area contributed by atoms with E-state index in [0.29, 0.717) is 22.4 Å². The van der Waals surface area contributed by atoms with Crippen LogP contribution in [-0.4, -0.2) is 31.0 Å². The van der Waals surface area contributed by atoms with Crippen molar-refractivity contribution in [2.24, 2.45) is 0 Å². The van der Waals surface area contributed by atoms with Gasteiger partial charge in [0.2, 0.25) is 0 Å². The number of halogens is 2. The van der Waals surface area contributed by atoms with Crippen LogP contribution in [0, 0.1) is 0 Å². The molecule has 0 fully saturated rings. The van der Waals surface area contributed by atoms with Crippen molar-refractivity contribution < 1.29 is 14.6 Å². The zero-order valence-electron chi connectivity index (χ0n) is 11.1. The lowest BCUT2D eigenvalue weighted by Crippen LogP contribution is -2.23. The number of rotatable bonds is 9. The summed E-state index contributed by atoms with van der Waals surface area (Å²) in [6, 6.07) is 4.97. The number of hydrogen-bond acceptors (Lipinski definition) is 3. The first kappa shape index (κ1) is 16.6. The summed E-state index contributed by atoms with van der Waals surface area (Å²) in [4.78, 5) is 0. The number of hydrogen-bond donors (Lipinski definition) is 1. The molecule has 0 saturated carbocycles. The Balaban J connectivity index is 2.20. The minimum Gasteiger partial charge on any atom is -0.489 e. The zero-order valence-corrected chi connectivity index (χ0v) is 12.6. The lowest BCUT2D eigenvalue weighted by Gasteiger charge is -2.13. The molecular formula is C14H20Cl2O3. The van der Waals surface area contributed by atoms with Crippen molar-refractivity contribution in [1.82, 2.24) is 0 Å². The van der Waals surface area contributed by atoms with Crippen LogP contribution in [0.5, 0.6) is 5.75 Å². The molecule has 108 valence electrons. The average molecular weight is 307 g/mol. The Morgan fingerprint density at radius 3 is 2.68 bits per heavy atom. The zero-order chi connectivity index (χ0) is 14.1. The maximum Gasteiger partial charge on any atom is 0.138 e. The smallest absolute Gasteiger partial charge is 0.138 e. The van der Waals surface area contributed by atoms with Gasteiger partial charge in [0.1, 0.15) is 18.5 Å². The van der Waals surface area contributed by atoms with Crippen LogP contribution in [-0.2, 0) is 4.74 Å². The van der Waals surface area contributed by atoms with E-state index in [4.69, 9.17) is 32.7 Å². The molecule has 1 atom stereocenters. The number of benzene rings is 1. The molecule has 0 bridgehead atoms. The summed E-state index contributed by atoms with van der Waals surface area (Å²) in [5.74, 6) is 0.510. The SMILES string of the molecule is CCCCCOCC(O)COc1ccc(Cl)cc1Cl. The van der Waals surface area contributed by atoms with Crippen LogP contribution in [0.25, 0.3) is 0 Å². The summed E-state index contributed by atoms with van der Waals surface area (Å²) >= 11 is 11.7. The van der Waals surface area contributed by atoms with Gasteiger partial charge in [0.25, 0.3) is 0 Å². The van der Waals surface area contributed by atoms with E-state index in [9.17, 15) is 5.11 Å². The van der Waals surface area contributed by atoms with Gasteiger partial charge >= 0.3 is 0 Å². The molecule has 1 rings (SSSR count). The Bertz CT molecular complexity index is 372. The normalized spacial score (nSPS) is 12.4. The van der Waals surface area contributed by atoms with Gasteiger partial charge in [-0.3, -0.25) is 0 Å². The molecule has 1 N–H and O–H groups in total. The third-order valence-electron chi connectivity index (χ3n) is 2.53. The van der Waals surface area contributed by atoms with Crippen molar-refractivity contribution in [2.75, 3.05) is 19.8 Å². The van der Waals surface area contributed by atoms with Gasteiger partial charge in [0.05, 0.1) is 11.6 Å². The molecule has 0 spiro atoms. The van der Waals surface area contributed by atoms with Crippen molar-refractivity contribution in [2.45, 2.75) is 32.3 Å². The molecule has 0 aliphatic carbocycles. The Morgan fingerprint density at radius 1 is 1.21 bits per heavy atom. The van der Waals surface area contributed by atoms with E-state index in [0.717, 1.165) is 19.3 Å². The fourth-order valence-corrected chi connectivity index (χ4v) is 1.96. The monoisotopic (exact) mass is 306 g/mol. The number of aliphatic hydroxyl groups excluding tert-OH is 1. The molecule has 1 aromatic rings. The second-order valence-corrected chi connectivity index (χ2v) is 5.17. The molecule has 0 heterocycles. The lowest BCUT2D eigenvalue weighted by atomic mass is 10.3. The molecule has 0 aromatic heterocycles. The maximum atomic E-state index is 9.69. The van der Waals surface area contributed by atoms with Gasteiger partial charge in [-0.15, -0.1) is 0 Å². The van der Waals surface area contributed by atoms with Crippen LogP contribution < -0.4 is 4.74 Å². The number of ether oxygens (including phenoxy) is 2. The molecule has 0 saturated heterocycles. The summed E-state index contributed by atoms with van der Waals surface area (Å²) in [6.45, 7) is 3.23. The highest BCUT2D eigenvalue weighted by atomic mass is 35.5. The highest BCUT2D eigenvalue weighted by Crippen LogP contribution is 2.27. The summed E-state index contributed by atoms with van der Waals surface area (Å²) < 4.78 is 10.8. The average Bonchev–Trinajstić information content (AvgIpc) is 2.37. The van der Waals surface area contributed by atoms with E-state index in [-0.39, 0.29) is 13.2 Å². The molecule has 1 aromatic carbocycles. The molecule has 0 aliphatic heterocycles. The standard InChI is InChI=1S/C14H20Cl2O3/c1-2-3-4-7-18-9-12(17)10-19-14-6-5-11(15)8-13(14)16/h5-6,8,12,17H,2-4,7,9-10H2,1H3. The number of unbranched alkanes of at least 4 members (excludes halogenated alkanes) is 2. The van der Waals surface area contributed by atoms with Gasteiger partial charge < -0.3 is 14.6 Å². The molecule has 3 nitrogen and oxygen atoms in total. The van der Waals surface area contributed by atoms with E-state index >= 15 is 0 Å². The molecule has 5 heteroatoms. The van der Waals surface area contributed by atoms with Crippen LogP contribution in [0.15, 0.2) is 18.2 Å². The first-order valence-electron chi connectivity index (χ1n) is 6.47. The summed E-state index contributed by atoms with van der Waals surface area (Å²) in [6.07, 6.45) is 2.66. The molecule has 1 unspecified atom stereocenters. The summed E-state index contributed by atoms with van der Waals surface area (Å²) in [7, 11) is 0. The fraction of sp³-hybridized carbons (Fsp3) is 0.571. The van der Waals surface area contributed by atoms with Crippen molar-refractivity contribution in [3.8, 4) is 5.75 Å². The van der Waals surface area contributed by atoms with E-state index in [1.165, 1.54) is 0 Å². The molecule has 0 aliphatic rings. The van der Waals surface area contributed by atoms with Crippen LogP contribution in [0.4, 0.5) is 0 Å². The van der Waals surface area contributed by atoms with E-state index in [1.54, 1.807) is 18.2 Å². The second kappa shape index (κ2) is 9.43. The highest BCUT2D eigenvalue weighted by Gasteiger charge is 2.08. The minimum atomic E-state index is -0.659. The van der Waals surface area contributed by atoms with Crippen molar-refractivity contribution in [3.05, 3.63) is 28.2 Å². The van der Waals surface area contributed by atoms with E-state index in [1.807, 2.05) is 0 Å². The molecular weight excluding hydrogens is 287 g/mol. The Morgan fingerprint density at radius 2 is 2.00 bits per heavy atom. The van der Waals surface area contributed by atoms with Gasteiger partial charge in [0.15, 0.2) is 0 Å². The van der Waals surface area contributed by atoms with Crippen LogP contribution in [0.1, 0.15) is 26.2 Å². The topological polar surface area (TPSA) is 38.7 Å². The highest BCUT2D eigenvalue weighted by molar-refractivity contribution is 6.35. The Hall–Kier alpha value is -0.480. The molecule has 0 amide bonds. The first-order valence-corrected chi connectivity index (χ1v) is 7.22. The minimum absolute atomic E-state index is 0.148. The maximum absolute atomic E-state index is 9.69. The quantitative estimate of drug-likeness (QED) is 0.702.